The van der Waals surface area contributed by atoms with Crippen molar-refractivity contribution in [1.29, 1.82) is 0 Å². The Hall–Kier alpha value is -4.45. The van der Waals surface area contributed by atoms with Crippen molar-refractivity contribution in [2.24, 2.45) is 11.3 Å². The number of methoxy groups -OCH3 is 1. The van der Waals surface area contributed by atoms with Gasteiger partial charge in [0.1, 0.15) is 29.5 Å². The molecule has 2 heterocycles. The van der Waals surface area contributed by atoms with Crippen molar-refractivity contribution in [1.82, 2.24) is 24.2 Å². The molecule has 2 aliphatic carbocycles. The molecule has 1 unspecified atom stereocenters. The predicted octanol–water partition coefficient (Wildman–Crippen LogP) is 3.69. The van der Waals surface area contributed by atoms with E-state index in [-0.39, 0.29) is 30.2 Å². The van der Waals surface area contributed by atoms with Gasteiger partial charge in [-0.25, -0.2) is 26.1 Å². The number of benzene rings is 2. The highest BCUT2D eigenvalue weighted by Crippen LogP contribution is 2.46. The van der Waals surface area contributed by atoms with Crippen LogP contribution in [-0.2, 0) is 34.4 Å². The minimum atomic E-state index is -3.93. The summed E-state index contributed by atoms with van der Waals surface area (Å²) < 4.78 is 66.6. The zero-order valence-electron chi connectivity index (χ0n) is 32.0. The summed E-state index contributed by atoms with van der Waals surface area (Å²) in [6.07, 6.45) is 3.20. The van der Waals surface area contributed by atoms with Crippen molar-refractivity contribution in [2.75, 3.05) is 33.1 Å². The quantitative estimate of drug-likeness (QED) is 0.201. The minimum Gasteiger partial charge on any atom is -0.494 e. The summed E-state index contributed by atoms with van der Waals surface area (Å²) >= 11 is 6.35. The maximum absolute atomic E-state index is 14.8. The van der Waals surface area contributed by atoms with Crippen LogP contribution in [-0.4, -0.2) is 105 Å². The van der Waals surface area contributed by atoms with Gasteiger partial charge >= 0.3 is 0 Å². The second-order valence-corrected chi connectivity index (χ2v) is 20.3. The fourth-order valence-corrected chi connectivity index (χ4v) is 9.40. The number of likely N-dealkylation sites (tertiary alicyclic amines) is 1. The van der Waals surface area contributed by atoms with Crippen molar-refractivity contribution < 1.29 is 40.7 Å². The van der Waals surface area contributed by atoms with Gasteiger partial charge in [0.2, 0.25) is 37.7 Å². The second-order valence-electron chi connectivity index (χ2n) is 15.7. The van der Waals surface area contributed by atoms with Gasteiger partial charge in [-0.15, -0.1) is 6.58 Å². The molecule has 3 fully saturated rings. The zero-order valence-corrected chi connectivity index (χ0v) is 34.4. The van der Waals surface area contributed by atoms with Gasteiger partial charge in [0.05, 0.1) is 30.0 Å². The van der Waals surface area contributed by atoms with Crippen LogP contribution < -0.4 is 24.8 Å². The lowest BCUT2D eigenvalue weighted by Crippen LogP contribution is -2.58. The number of ether oxygens (including phenoxy) is 2. The molecule has 18 heteroatoms. The number of anilines is 1. The van der Waals surface area contributed by atoms with E-state index in [4.69, 9.17) is 21.1 Å². The highest BCUT2D eigenvalue weighted by molar-refractivity contribution is 7.91. The summed E-state index contributed by atoms with van der Waals surface area (Å²) in [5.74, 6) is -1.91. The van der Waals surface area contributed by atoms with Crippen LogP contribution in [0.2, 0.25) is 5.02 Å². The molecule has 1 aromatic heterocycles. The first-order valence-electron chi connectivity index (χ1n) is 18.1. The fourth-order valence-electron chi connectivity index (χ4n) is 6.91. The van der Waals surface area contributed by atoms with E-state index in [1.807, 2.05) is 20.8 Å². The number of carbonyl (C=O) groups excluding carboxylic acids is 3. The van der Waals surface area contributed by atoms with Gasteiger partial charge in [0, 0.05) is 47.9 Å². The van der Waals surface area contributed by atoms with Gasteiger partial charge in [0.25, 0.3) is 5.91 Å². The van der Waals surface area contributed by atoms with Crippen molar-refractivity contribution in [3.8, 4) is 11.6 Å². The number of hydrogen-bond acceptors (Lipinski definition) is 11. The van der Waals surface area contributed by atoms with E-state index in [2.05, 4.69) is 26.9 Å². The average Bonchev–Trinajstić information content (AvgIpc) is 4.07. The van der Waals surface area contributed by atoms with E-state index in [0.717, 1.165) is 4.31 Å². The van der Waals surface area contributed by atoms with Gasteiger partial charge in [-0.2, -0.15) is 0 Å². The Bertz CT molecular complexity index is 2300. The smallest absolute Gasteiger partial charge is 0.259 e. The Morgan fingerprint density at radius 2 is 1.80 bits per heavy atom. The Kier molecular flexibility index (Phi) is 11.1. The molecule has 302 valence electrons. The number of carbonyl (C=O) groups is 3. The predicted molar refractivity (Wildman–Crippen MR) is 211 cm³/mol. The van der Waals surface area contributed by atoms with E-state index in [9.17, 15) is 31.2 Å². The molecule has 6 rings (SSSR count). The van der Waals surface area contributed by atoms with Crippen molar-refractivity contribution in [3.63, 3.8) is 0 Å². The van der Waals surface area contributed by atoms with E-state index < -0.39 is 78.1 Å². The lowest BCUT2D eigenvalue weighted by atomic mass is 9.85. The molecule has 0 spiro atoms. The molecule has 15 nitrogen and oxygen atoms in total. The molecule has 0 bridgehead atoms. The third kappa shape index (κ3) is 8.17. The first-order valence-corrected chi connectivity index (χ1v) is 21.5. The number of halogens is 1. The molecule has 0 radical (unpaired) electrons. The first kappa shape index (κ1) is 41.2. The van der Waals surface area contributed by atoms with E-state index in [0.29, 0.717) is 40.1 Å². The summed E-state index contributed by atoms with van der Waals surface area (Å²) in [6, 6.07) is 9.08. The van der Waals surface area contributed by atoms with Crippen molar-refractivity contribution in [2.45, 2.75) is 80.3 Å². The third-order valence-corrected chi connectivity index (χ3v) is 14.3. The van der Waals surface area contributed by atoms with Gasteiger partial charge in [0.15, 0.2) is 0 Å². The first-order chi connectivity index (χ1) is 26.2. The summed E-state index contributed by atoms with van der Waals surface area (Å²) in [5, 5.41) is 7.00. The van der Waals surface area contributed by atoms with Gasteiger partial charge in [-0.05, 0) is 61.1 Å². The highest BCUT2D eigenvalue weighted by Gasteiger charge is 2.62. The van der Waals surface area contributed by atoms with Crippen LogP contribution in [0.4, 0.5) is 5.69 Å². The number of sulfonamides is 2. The van der Waals surface area contributed by atoms with Gasteiger partial charge in [-0.3, -0.25) is 19.1 Å². The minimum absolute atomic E-state index is 0.0163. The highest BCUT2D eigenvalue weighted by atomic mass is 35.5. The van der Waals surface area contributed by atoms with Crippen molar-refractivity contribution >= 4 is 65.8 Å². The average molecular weight is 831 g/mol. The maximum Gasteiger partial charge on any atom is 0.259 e. The van der Waals surface area contributed by atoms with Crippen LogP contribution in [0.5, 0.6) is 11.6 Å². The fraction of sp³-hybridized carbons (Fsp3) is 0.474. The molecule has 1 aliphatic heterocycles. The number of amides is 3. The van der Waals surface area contributed by atoms with Crippen LogP contribution in [0.1, 0.15) is 46.5 Å². The second kappa shape index (κ2) is 15.1. The van der Waals surface area contributed by atoms with Crippen molar-refractivity contribution in [3.05, 3.63) is 66.3 Å². The SMILES string of the molecule is C=C[C@@H]1C[C@]1(NC(=O)[C@@H]1C[C@@H](Oc2ncc(OC)c3ccc(Cl)cc23)CN1C(=O)C(Nc1cccc(S(=O)(=O)N(C)C)c1)C(C)(C)C)C(=O)NS(=O)(=O)C1CC1. The van der Waals surface area contributed by atoms with Crippen LogP contribution in [0.25, 0.3) is 10.8 Å². The van der Waals surface area contributed by atoms with Crippen LogP contribution in [0.15, 0.2) is 66.2 Å². The lowest BCUT2D eigenvalue weighted by molar-refractivity contribution is -0.141. The summed E-state index contributed by atoms with van der Waals surface area (Å²) in [7, 11) is -3.37. The molecular formula is C38H47ClN6O9S2. The number of fused-ring (bicyclic) bond motifs is 1. The lowest BCUT2D eigenvalue weighted by Gasteiger charge is -2.36. The van der Waals surface area contributed by atoms with Gasteiger partial charge < -0.3 is 25.0 Å². The molecule has 3 N–H and O–H groups in total. The number of hydrogen-bond donors (Lipinski definition) is 3. The molecule has 2 aromatic carbocycles. The molecule has 3 aromatic rings. The topological polar surface area (TPSA) is 193 Å². The monoisotopic (exact) mass is 830 g/mol. The zero-order chi connectivity index (χ0) is 41.0. The number of aromatic nitrogens is 1. The van der Waals surface area contributed by atoms with Crippen LogP contribution in [0, 0.1) is 11.3 Å². The number of nitrogens with zero attached hydrogens (tertiary/aromatic N) is 3. The number of nitrogens with one attached hydrogen (secondary N) is 3. The summed E-state index contributed by atoms with van der Waals surface area (Å²) in [4.78, 5) is 48.7. The molecule has 3 amide bonds. The van der Waals surface area contributed by atoms with E-state index >= 15 is 0 Å². The van der Waals surface area contributed by atoms with Gasteiger partial charge in [-0.1, -0.05) is 44.5 Å². The number of pyridine rings is 1. The molecule has 5 atom stereocenters. The summed E-state index contributed by atoms with van der Waals surface area (Å²) in [5.41, 5.74) is -2.00. The molecule has 2 saturated carbocycles. The van der Waals surface area contributed by atoms with Crippen LogP contribution in [0.3, 0.4) is 0 Å². The molecule has 56 heavy (non-hydrogen) atoms. The van der Waals surface area contributed by atoms with E-state index in [1.54, 1.807) is 30.3 Å². The Morgan fingerprint density at radius 3 is 2.41 bits per heavy atom. The summed E-state index contributed by atoms with van der Waals surface area (Å²) in [6.45, 7) is 9.20. The number of rotatable bonds is 14. The van der Waals surface area contributed by atoms with E-state index in [1.165, 1.54) is 50.5 Å². The molecule has 3 aliphatic rings. The maximum atomic E-state index is 14.8. The molecule has 1 saturated heterocycles. The Morgan fingerprint density at radius 1 is 1.09 bits per heavy atom. The normalized spacial score (nSPS) is 23.0. The molecular weight excluding hydrogens is 784 g/mol. The largest absolute Gasteiger partial charge is 0.494 e. The third-order valence-electron chi connectivity index (χ3n) is 10.4. The van der Waals surface area contributed by atoms with Crippen LogP contribution >= 0.6 is 11.6 Å². The Balaban J connectivity index is 1.34. The standard InChI is InChI=1S/C38H47ClN6O9S2/c1-8-22-19-38(22,36(48)43-55(49,50)26-13-14-26)42-33(46)30-18-25(54-34-29-16-23(39)12-15-28(29)31(53-7)20-40-34)21-45(30)35(47)32(37(2,3)4)41-24-10-9-11-27(17-24)56(51,52)44(5)6/h8-12,15-17,20,22,25-26,30,32,41H,1,13-14,18-19,21H2,2-7H3,(H,42,46)(H,43,48)/t22-,25-,30+,32?,38-/m1/s1. The Labute approximate surface area is 332 Å².